The van der Waals surface area contributed by atoms with Gasteiger partial charge in [0.25, 0.3) is 5.91 Å². The summed E-state index contributed by atoms with van der Waals surface area (Å²) >= 11 is 0. The Bertz CT molecular complexity index is 1060. The van der Waals surface area contributed by atoms with Gasteiger partial charge in [-0.1, -0.05) is 5.16 Å². The molecule has 0 fully saturated rings. The van der Waals surface area contributed by atoms with Crippen LogP contribution in [-0.4, -0.2) is 46.8 Å². The normalized spacial score (nSPS) is 14.2. The topological polar surface area (TPSA) is 97.9 Å². The van der Waals surface area contributed by atoms with Gasteiger partial charge in [0.05, 0.1) is 14.2 Å². The molecule has 156 valence electrons. The SMILES string of the molecule is COc1cc2c(cc1OC)CN(C(=O)c1c(-c3cccnc3)noc1C(C)O)CC2. The first kappa shape index (κ1) is 19.9. The third-order valence-electron chi connectivity index (χ3n) is 5.25. The number of aliphatic hydroxyl groups excluding tert-OH is 1. The van der Waals surface area contributed by atoms with Crippen LogP contribution in [-0.2, 0) is 13.0 Å². The minimum Gasteiger partial charge on any atom is -0.493 e. The van der Waals surface area contributed by atoms with Gasteiger partial charge in [-0.25, -0.2) is 0 Å². The van der Waals surface area contributed by atoms with E-state index in [1.807, 2.05) is 12.1 Å². The van der Waals surface area contributed by atoms with Crippen LogP contribution in [0, 0.1) is 0 Å². The Balaban J connectivity index is 1.70. The average Bonchev–Trinajstić information content (AvgIpc) is 3.23. The Morgan fingerprint density at radius 1 is 1.23 bits per heavy atom. The lowest BCUT2D eigenvalue weighted by atomic mass is 9.97. The summed E-state index contributed by atoms with van der Waals surface area (Å²) in [6.07, 6.45) is 2.97. The summed E-state index contributed by atoms with van der Waals surface area (Å²) in [5.74, 6) is 1.20. The number of aliphatic hydroxyl groups is 1. The molecule has 30 heavy (non-hydrogen) atoms. The van der Waals surface area contributed by atoms with Gasteiger partial charge in [-0.05, 0) is 48.7 Å². The predicted molar refractivity (Wildman–Crippen MR) is 108 cm³/mol. The molecule has 0 bridgehead atoms. The maximum atomic E-state index is 13.5. The number of nitrogens with zero attached hydrogens (tertiary/aromatic N) is 3. The third-order valence-corrected chi connectivity index (χ3v) is 5.25. The number of ether oxygens (including phenoxy) is 2. The fourth-order valence-corrected chi connectivity index (χ4v) is 3.71. The van der Waals surface area contributed by atoms with Crippen molar-refractivity contribution < 1.29 is 23.9 Å². The van der Waals surface area contributed by atoms with E-state index in [2.05, 4.69) is 10.1 Å². The van der Waals surface area contributed by atoms with Crippen molar-refractivity contribution in [3.8, 4) is 22.8 Å². The first-order valence-electron chi connectivity index (χ1n) is 9.64. The second-order valence-electron chi connectivity index (χ2n) is 7.14. The van der Waals surface area contributed by atoms with Crippen LogP contribution in [0.25, 0.3) is 11.3 Å². The number of methoxy groups -OCH3 is 2. The Hall–Kier alpha value is -3.39. The lowest BCUT2D eigenvalue weighted by Crippen LogP contribution is -2.36. The zero-order valence-electron chi connectivity index (χ0n) is 17.1. The molecule has 3 aromatic rings. The van der Waals surface area contributed by atoms with Gasteiger partial charge in [0.1, 0.15) is 17.4 Å². The smallest absolute Gasteiger partial charge is 0.260 e. The highest BCUT2D eigenvalue weighted by molar-refractivity contribution is 6.01. The number of carbonyl (C=O) groups is 1. The van der Waals surface area contributed by atoms with E-state index in [-0.39, 0.29) is 17.2 Å². The Labute approximate surface area is 174 Å². The molecule has 8 nitrogen and oxygen atoms in total. The molecule has 1 aromatic carbocycles. The molecule has 1 aliphatic rings. The molecular weight excluding hydrogens is 386 g/mol. The molecule has 1 atom stereocenters. The zero-order valence-corrected chi connectivity index (χ0v) is 17.1. The van der Waals surface area contributed by atoms with Gasteiger partial charge < -0.3 is 24.0 Å². The van der Waals surface area contributed by atoms with Gasteiger partial charge in [0.2, 0.25) is 0 Å². The minimum atomic E-state index is -0.969. The number of rotatable bonds is 5. The average molecular weight is 409 g/mol. The van der Waals surface area contributed by atoms with Crippen molar-refractivity contribution in [3.05, 3.63) is 59.1 Å². The Kier molecular flexibility index (Phi) is 5.41. The summed E-state index contributed by atoms with van der Waals surface area (Å²) < 4.78 is 16.1. The first-order chi connectivity index (χ1) is 14.5. The van der Waals surface area contributed by atoms with Crippen LogP contribution in [0.2, 0.25) is 0 Å². The van der Waals surface area contributed by atoms with Crippen LogP contribution in [0.15, 0.2) is 41.2 Å². The highest BCUT2D eigenvalue weighted by Crippen LogP contribution is 2.35. The molecule has 4 rings (SSSR count). The van der Waals surface area contributed by atoms with Gasteiger partial charge in [0.15, 0.2) is 17.3 Å². The minimum absolute atomic E-state index is 0.150. The molecular formula is C22H23N3O5. The number of carbonyl (C=O) groups excluding carboxylic acids is 1. The maximum Gasteiger partial charge on any atom is 0.260 e. The number of amides is 1. The van der Waals surface area contributed by atoms with Crippen LogP contribution >= 0.6 is 0 Å². The lowest BCUT2D eigenvalue weighted by molar-refractivity contribution is 0.0723. The van der Waals surface area contributed by atoms with Gasteiger partial charge in [0, 0.05) is 31.0 Å². The number of benzene rings is 1. The summed E-state index contributed by atoms with van der Waals surface area (Å²) in [6, 6.07) is 7.42. The Morgan fingerprint density at radius 3 is 2.60 bits per heavy atom. The maximum absolute atomic E-state index is 13.5. The van der Waals surface area contributed by atoms with E-state index < -0.39 is 6.10 Å². The van der Waals surface area contributed by atoms with E-state index in [0.717, 1.165) is 11.1 Å². The van der Waals surface area contributed by atoms with Crippen LogP contribution < -0.4 is 9.47 Å². The van der Waals surface area contributed by atoms with Gasteiger partial charge in [-0.15, -0.1) is 0 Å². The van der Waals surface area contributed by atoms with E-state index in [0.29, 0.717) is 42.3 Å². The van der Waals surface area contributed by atoms with Crippen LogP contribution in [0.1, 0.15) is 40.3 Å². The van der Waals surface area contributed by atoms with Crippen molar-refractivity contribution >= 4 is 5.91 Å². The van der Waals surface area contributed by atoms with E-state index in [1.165, 1.54) is 0 Å². The fourth-order valence-electron chi connectivity index (χ4n) is 3.71. The van der Waals surface area contributed by atoms with Crippen molar-refractivity contribution in [2.24, 2.45) is 0 Å². The van der Waals surface area contributed by atoms with E-state index in [1.54, 1.807) is 50.6 Å². The zero-order chi connectivity index (χ0) is 21.3. The van der Waals surface area contributed by atoms with Crippen molar-refractivity contribution in [1.29, 1.82) is 0 Å². The molecule has 3 heterocycles. The van der Waals surface area contributed by atoms with E-state index in [9.17, 15) is 9.90 Å². The fraction of sp³-hybridized carbons (Fsp3) is 0.318. The number of hydrogen-bond acceptors (Lipinski definition) is 7. The third kappa shape index (κ3) is 3.50. The number of aromatic nitrogens is 2. The first-order valence-corrected chi connectivity index (χ1v) is 9.64. The molecule has 0 saturated heterocycles. The molecule has 1 N–H and O–H groups in total. The quantitative estimate of drug-likeness (QED) is 0.692. The molecule has 1 unspecified atom stereocenters. The summed E-state index contributed by atoms with van der Waals surface area (Å²) in [5, 5.41) is 14.2. The molecule has 0 aliphatic carbocycles. The lowest BCUT2D eigenvalue weighted by Gasteiger charge is -2.30. The molecule has 8 heteroatoms. The highest BCUT2D eigenvalue weighted by Gasteiger charge is 2.32. The summed E-state index contributed by atoms with van der Waals surface area (Å²) in [4.78, 5) is 19.3. The van der Waals surface area contributed by atoms with Gasteiger partial charge in [-0.3, -0.25) is 9.78 Å². The second kappa shape index (κ2) is 8.16. The standard InChI is InChI=1S/C22H23N3O5/c1-13(26)21-19(20(24-30-21)15-5-4-7-23-11-15)22(27)25-8-6-14-9-17(28-2)18(29-3)10-16(14)12-25/h4-5,7,9-11,13,26H,6,8,12H2,1-3H3. The van der Waals surface area contributed by atoms with Crippen molar-refractivity contribution in [3.63, 3.8) is 0 Å². The van der Waals surface area contributed by atoms with Crippen molar-refractivity contribution in [1.82, 2.24) is 15.0 Å². The van der Waals surface area contributed by atoms with Crippen molar-refractivity contribution in [2.45, 2.75) is 26.0 Å². The highest BCUT2D eigenvalue weighted by atomic mass is 16.5. The molecule has 0 radical (unpaired) electrons. The molecule has 1 aliphatic heterocycles. The van der Waals surface area contributed by atoms with E-state index >= 15 is 0 Å². The van der Waals surface area contributed by atoms with Crippen molar-refractivity contribution in [2.75, 3.05) is 20.8 Å². The molecule has 2 aromatic heterocycles. The number of fused-ring (bicyclic) bond motifs is 1. The monoisotopic (exact) mass is 409 g/mol. The second-order valence-corrected chi connectivity index (χ2v) is 7.14. The Morgan fingerprint density at radius 2 is 1.97 bits per heavy atom. The molecule has 0 saturated carbocycles. The summed E-state index contributed by atoms with van der Waals surface area (Å²) in [7, 11) is 3.19. The molecule has 1 amide bonds. The largest absolute Gasteiger partial charge is 0.493 e. The summed E-state index contributed by atoms with van der Waals surface area (Å²) in [6.45, 7) is 2.48. The number of hydrogen-bond donors (Lipinski definition) is 1. The van der Waals surface area contributed by atoms with Crippen LogP contribution in [0.3, 0.4) is 0 Å². The van der Waals surface area contributed by atoms with Gasteiger partial charge in [-0.2, -0.15) is 0 Å². The van der Waals surface area contributed by atoms with Gasteiger partial charge >= 0.3 is 0 Å². The predicted octanol–water partition coefficient (Wildman–Crippen LogP) is 3.01. The van der Waals surface area contributed by atoms with E-state index in [4.69, 9.17) is 14.0 Å². The molecule has 0 spiro atoms. The number of pyridine rings is 1. The van der Waals surface area contributed by atoms with Crippen LogP contribution in [0.4, 0.5) is 0 Å². The van der Waals surface area contributed by atoms with Crippen LogP contribution in [0.5, 0.6) is 11.5 Å². The summed E-state index contributed by atoms with van der Waals surface area (Å²) in [5.41, 5.74) is 3.40.